The zero-order valence-electron chi connectivity index (χ0n) is 15.4. The van der Waals surface area contributed by atoms with Crippen LogP contribution >= 0.6 is 0 Å². The number of likely N-dealkylation sites (tertiary alicyclic amines) is 1. The molecule has 2 fully saturated rings. The molecule has 0 aromatic heterocycles. The number of hydrogen-bond donors (Lipinski definition) is 1. The summed E-state index contributed by atoms with van der Waals surface area (Å²) in [6.07, 6.45) is 7.68. The van der Waals surface area contributed by atoms with Gasteiger partial charge in [-0.3, -0.25) is 9.59 Å². The average Bonchev–Trinajstić information content (AvgIpc) is 2.48. The molecular weight excluding hydrogens is 306 g/mol. The maximum Gasteiger partial charge on any atom is 0.303 e. The minimum Gasteiger partial charge on any atom is -0.481 e. The predicted molar refractivity (Wildman–Crippen MR) is 92.8 cm³/mol. The third-order valence-electron chi connectivity index (χ3n) is 5.40. The summed E-state index contributed by atoms with van der Waals surface area (Å²) in [6, 6.07) is 0. The Balaban J connectivity index is 1.72. The predicted octanol–water partition coefficient (Wildman–Crippen LogP) is 3.46. The van der Waals surface area contributed by atoms with Crippen LogP contribution in [0.25, 0.3) is 0 Å². The summed E-state index contributed by atoms with van der Waals surface area (Å²) < 4.78 is 6.25. The van der Waals surface area contributed by atoms with Crippen LogP contribution < -0.4 is 0 Å². The Hall–Kier alpha value is -1.10. The Morgan fingerprint density at radius 2 is 1.54 bits per heavy atom. The van der Waals surface area contributed by atoms with E-state index in [1.165, 1.54) is 25.7 Å². The van der Waals surface area contributed by atoms with Crippen molar-refractivity contribution < 1.29 is 19.4 Å². The zero-order chi connectivity index (χ0) is 17.7. The highest BCUT2D eigenvalue weighted by Gasteiger charge is 2.31. The van der Waals surface area contributed by atoms with Crippen LogP contribution in [0.1, 0.15) is 72.1 Å². The van der Waals surface area contributed by atoms with Gasteiger partial charge in [0.1, 0.15) is 0 Å². The lowest BCUT2D eigenvalue weighted by Crippen LogP contribution is -2.43. The largest absolute Gasteiger partial charge is 0.481 e. The fourth-order valence-electron chi connectivity index (χ4n) is 3.87. The number of rotatable bonds is 6. The van der Waals surface area contributed by atoms with Gasteiger partial charge in [-0.05, 0) is 49.9 Å². The molecule has 1 aliphatic carbocycles. The van der Waals surface area contributed by atoms with Crippen LogP contribution in [-0.2, 0) is 14.3 Å². The van der Waals surface area contributed by atoms with Gasteiger partial charge in [-0.25, -0.2) is 0 Å². The molecule has 0 bridgehead atoms. The van der Waals surface area contributed by atoms with E-state index in [9.17, 15) is 9.59 Å². The monoisotopic (exact) mass is 339 g/mol. The Labute approximate surface area is 145 Å². The average molecular weight is 339 g/mol. The van der Waals surface area contributed by atoms with Crippen molar-refractivity contribution in [3.63, 3.8) is 0 Å². The van der Waals surface area contributed by atoms with E-state index in [4.69, 9.17) is 9.84 Å². The van der Waals surface area contributed by atoms with Gasteiger partial charge in [0.2, 0.25) is 5.91 Å². The van der Waals surface area contributed by atoms with Crippen molar-refractivity contribution in [1.82, 2.24) is 4.90 Å². The quantitative estimate of drug-likeness (QED) is 0.805. The van der Waals surface area contributed by atoms with Crippen molar-refractivity contribution in [3.05, 3.63) is 0 Å². The number of amides is 1. The van der Waals surface area contributed by atoms with Crippen LogP contribution in [-0.4, -0.2) is 47.2 Å². The van der Waals surface area contributed by atoms with E-state index in [0.29, 0.717) is 12.5 Å². The molecule has 1 amide bonds. The second-order valence-electron chi connectivity index (χ2n) is 8.51. The molecule has 138 valence electrons. The van der Waals surface area contributed by atoms with E-state index in [1.807, 2.05) is 18.7 Å². The summed E-state index contributed by atoms with van der Waals surface area (Å²) in [4.78, 5) is 25.2. The summed E-state index contributed by atoms with van der Waals surface area (Å²) in [5.74, 6) is 0.0615. The second-order valence-corrected chi connectivity index (χ2v) is 8.51. The van der Waals surface area contributed by atoms with Crippen LogP contribution in [0.3, 0.4) is 0 Å². The molecule has 1 saturated heterocycles. The maximum atomic E-state index is 12.4. The highest BCUT2D eigenvalue weighted by molar-refractivity contribution is 5.78. The first kappa shape index (κ1) is 19.2. The van der Waals surface area contributed by atoms with E-state index in [0.717, 1.165) is 31.8 Å². The molecule has 2 rings (SSSR count). The first-order chi connectivity index (χ1) is 11.2. The Kier molecular flexibility index (Phi) is 6.67. The lowest BCUT2D eigenvalue weighted by Gasteiger charge is -2.36. The number of nitrogens with zero attached hydrogens (tertiary/aromatic N) is 1. The van der Waals surface area contributed by atoms with Crippen LogP contribution in [0.4, 0.5) is 0 Å². The lowest BCUT2D eigenvalue weighted by atomic mass is 9.85. The number of aliphatic carboxylic acids is 1. The normalized spacial score (nSPS) is 26.4. The fourth-order valence-corrected chi connectivity index (χ4v) is 3.87. The molecule has 0 atom stereocenters. The Bertz CT molecular complexity index is 433. The highest BCUT2D eigenvalue weighted by Crippen LogP contribution is 2.29. The Morgan fingerprint density at radius 3 is 2.08 bits per heavy atom. The van der Waals surface area contributed by atoms with Crippen molar-refractivity contribution in [2.45, 2.75) is 84.3 Å². The molecule has 0 spiro atoms. The molecule has 24 heavy (non-hydrogen) atoms. The van der Waals surface area contributed by atoms with Crippen molar-refractivity contribution in [3.8, 4) is 0 Å². The van der Waals surface area contributed by atoms with Gasteiger partial charge in [-0.1, -0.05) is 20.8 Å². The van der Waals surface area contributed by atoms with Crippen molar-refractivity contribution >= 4 is 11.9 Å². The van der Waals surface area contributed by atoms with Gasteiger partial charge < -0.3 is 14.7 Å². The summed E-state index contributed by atoms with van der Waals surface area (Å²) in [5.41, 5.74) is -0.491. The molecule has 1 heterocycles. The van der Waals surface area contributed by atoms with E-state index in [1.54, 1.807) is 0 Å². The van der Waals surface area contributed by atoms with Gasteiger partial charge in [0.05, 0.1) is 18.6 Å². The van der Waals surface area contributed by atoms with Crippen LogP contribution in [0, 0.1) is 11.3 Å². The third kappa shape index (κ3) is 6.08. The smallest absolute Gasteiger partial charge is 0.303 e. The minimum atomic E-state index is -0.846. The first-order valence-electron chi connectivity index (χ1n) is 9.40. The van der Waals surface area contributed by atoms with Crippen LogP contribution in [0.15, 0.2) is 0 Å². The van der Waals surface area contributed by atoms with E-state index in [-0.39, 0.29) is 18.4 Å². The summed E-state index contributed by atoms with van der Waals surface area (Å²) in [5, 5.41) is 8.94. The number of hydrogen-bond acceptors (Lipinski definition) is 3. The summed E-state index contributed by atoms with van der Waals surface area (Å²) >= 11 is 0. The Morgan fingerprint density at radius 1 is 1.00 bits per heavy atom. The molecule has 5 heteroatoms. The number of carboxylic acid groups (broad SMARTS) is 1. The molecule has 0 aromatic rings. The molecule has 0 radical (unpaired) electrons. The molecule has 1 saturated carbocycles. The van der Waals surface area contributed by atoms with Crippen LogP contribution in [0.2, 0.25) is 0 Å². The third-order valence-corrected chi connectivity index (χ3v) is 5.40. The molecule has 1 N–H and O–H groups in total. The van der Waals surface area contributed by atoms with Gasteiger partial charge in [0.25, 0.3) is 0 Å². The van der Waals surface area contributed by atoms with Gasteiger partial charge >= 0.3 is 5.97 Å². The number of ether oxygens (including phenoxy) is 1. The number of carboxylic acids is 1. The first-order valence-corrected chi connectivity index (χ1v) is 9.40. The van der Waals surface area contributed by atoms with Gasteiger partial charge in [-0.2, -0.15) is 0 Å². The van der Waals surface area contributed by atoms with Gasteiger partial charge in [-0.15, -0.1) is 0 Å². The van der Waals surface area contributed by atoms with Gasteiger partial charge in [0.15, 0.2) is 0 Å². The van der Waals surface area contributed by atoms with Crippen molar-refractivity contribution in [2.24, 2.45) is 11.3 Å². The molecule has 5 nitrogen and oxygen atoms in total. The van der Waals surface area contributed by atoms with E-state index < -0.39 is 11.4 Å². The van der Waals surface area contributed by atoms with Gasteiger partial charge in [0, 0.05) is 19.5 Å². The molecular formula is C19H33NO4. The highest BCUT2D eigenvalue weighted by atomic mass is 16.5. The molecule has 0 aromatic carbocycles. The van der Waals surface area contributed by atoms with Crippen molar-refractivity contribution in [2.75, 3.05) is 13.1 Å². The number of carbonyl (C=O) groups excluding carboxylic acids is 1. The topological polar surface area (TPSA) is 66.8 Å². The second kappa shape index (κ2) is 8.32. The molecule has 0 unspecified atom stereocenters. The fraction of sp³-hybridized carbons (Fsp3) is 0.895. The van der Waals surface area contributed by atoms with Crippen LogP contribution in [0.5, 0.6) is 0 Å². The molecule has 2 aliphatic rings. The summed E-state index contributed by atoms with van der Waals surface area (Å²) in [6.45, 7) is 7.47. The van der Waals surface area contributed by atoms with E-state index in [2.05, 4.69) is 6.92 Å². The van der Waals surface area contributed by atoms with Crippen molar-refractivity contribution in [1.29, 1.82) is 0 Å². The van der Waals surface area contributed by atoms with E-state index >= 15 is 0 Å². The minimum absolute atomic E-state index is 0.0262. The standard InChI is InChI=1S/C19H33NO4/c1-14-4-6-15(7-5-14)24-16-8-10-20(11-9-16)17(21)12-19(2,3)13-18(22)23/h14-16H,4-13H2,1-3H3,(H,22,23). The zero-order valence-corrected chi connectivity index (χ0v) is 15.4. The lowest BCUT2D eigenvalue weighted by molar-refractivity contribution is -0.141. The number of piperidine rings is 1. The number of carbonyl (C=O) groups is 2. The summed E-state index contributed by atoms with van der Waals surface area (Å²) in [7, 11) is 0. The SMILES string of the molecule is CC1CCC(OC2CCN(C(=O)CC(C)(C)CC(=O)O)CC2)CC1. The molecule has 1 aliphatic heterocycles. The maximum absolute atomic E-state index is 12.4.